The van der Waals surface area contributed by atoms with Crippen LogP contribution in [0.2, 0.25) is 0 Å². The molecule has 0 aromatic carbocycles. The van der Waals surface area contributed by atoms with Gasteiger partial charge in [0.2, 0.25) is 0 Å². The summed E-state index contributed by atoms with van der Waals surface area (Å²) in [5.74, 6) is -0.753. The monoisotopic (exact) mass is 340 g/mol. The van der Waals surface area contributed by atoms with E-state index in [1.54, 1.807) is 13.8 Å². The Balaban J connectivity index is 2.22. The molecule has 6 heteroatoms. The van der Waals surface area contributed by atoms with Crippen molar-refractivity contribution in [3.05, 3.63) is 12.2 Å². The summed E-state index contributed by atoms with van der Waals surface area (Å²) < 4.78 is 21.5. The van der Waals surface area contributed by atoms with Crippen LogP contribution in [0.4, 0.5) is 0 Å². The minimum absolute atomic E-state index is 0.0941. The lowest BCUT2D eigenvalue weighted by Crippen LogP contribution is -2.40. The largest absolute Gasteiger partial charge is 0.465 e. The molecule has 0 spiro atoms. The van der Waals surface area contributed by atoms with Gasteiger partial charge in [0.05, 0.1) is 26.4 Å². The maximum atomic E-state index is 12.6. The number of carbonyl (C=O) groups excluding carboxylic acids is 2. The molecule has 2 aliphatic rings. The molecule has 0 amide bonds. The quantitative estimate of drug-likeness (QED) is 0.403. The summed E-state index contributed by atoms with van der Waals surface area (Å²) in [6.07, 6.45) is 5.23. The van der Waals surface area contributed by atoms with Gasteiger partial charge in [0.15, 0.2) is 11.7 Å². The highest BCUT2D eigenvalue weighted by atomic mass is 16.7. The number of hydrogen-bond donors (Lipinski definition) is 0. The van der Waals surface area contributed by atoms with Crippen LogP contribution >= 0.6 is 0 Å². The third-order valence-electron chi connectivity index (χ3n) is 4.76. The zero-order valence-corrected chi connectivity index (χ0v) is 14.8. The van der Waals surface area contributed by atoms with Crippen LogP contribution in [0.5, 0.6) is 0 Å². The first-order valence-electron chi connectivity index (χ1n) is 8.77. The molecule has 1 aliphatic heterocycles. The molecule has 1 saturated carbocycles. The molecule has 2 atom stereocenters. The molecular formula is C18H28O6. The number of hydrogen-bond acceptors (Lipinski definition) is 6. The zero-order valence-electron chi connectivity index (χ0n) is 14.8. The lowest BCUT2D eigenvalue weighted by atomic mass is 9.84. The van der Waals surface area contributed by atoms with Gasteiger partial charge >= 0.3 is 11.9 Å². The van der Waals surface area contributed by atoms with E-state index in [9.17, 15) is 9.59 Å². The van der Waals surface area contributed by atoms with E-state index in [4.69, 9.17) is 18.9 Å². The van der Waals surface area contributed by atoms with E-state index < -0.39 is 17.4 Å². The van der Waals surface area contributed by atoms with Crippen LogP contribution in [0.25, 0.3) is 0 Å². The van der Waals surface area contributed by atoms with Crippen LogP contribution in [-0.2, 0) is 28.5 Å². The Morgan fingerprint density at radius 2 is 1.67 bits per heavy atom. The fourth-order valence-corrected chi connectivity index (χ4v) is 3.73. The van der Waals surface area contributed by atoms with Gasteiger partial charge in [-0.05, 0) is 45.4 Å². The summed E-state index contributed by atoms with van der Waals surface area (Å²) in [7, 11) is 0. The highest BCUT2D eigenvalue weighted by Gasteiger charge is 2.57. The number of carbonyl (C=O) groups is 2. The average Bonchev–Trinajstić information content (AvgIpc) is 3.18. The third kappa shape index (κ3) is 3.98. The van der Waals surface area contributed by atoms with Gasteiger partial charge in [0, 0.05) is 6.42 Å². The van der Waals surface area contributed by atoms with Crippen molar-refractivity contribution in [2.75, 3.05) is 26.4 Å². The van der Waals surface area contributed by atoms with Crippen LogP contribution in [0.1, 0.15) is 40.0 Å². The molecule has 2 fully saturated rings. The molecule has 0 aromatic rings. The maximum Gasteiger partial charge on any atom is 0.323 e. The molecule has 136 valence electrons. The molecule has 0 radical (unpaired) electrons. The van der Waals surface area contributed by atoms with E-state index in [0.717, 1.165) is 0 Å². The molecule has 1 saturated heterocycles. The normalized spacial score (nSPS) is 26.8. The Kier molecular flexibility index (Phi) is 6.80. The van der Waals surface area contributed by atoms with Crippen molar-refractivity contribution in [3.8, 4) is 0 Å². The van der Waals surface area contributed by atoms with Gasteiger partial charge in [0.1, 0.15) is 0 Å². The second-order valence-corrected chi connectivity index (χ2v) is 6.29. The summed E-state index contributed by atoms with van der Waals surface area (Å²) in [5, 5.41) is 0. The van der Waals surface area contributed by atoms with Gasteiger partial charge in [-0.15, -0.1) is 0 Å². The predicted octanol–water partition coefficient (Wildman–Crippen LogP) is 2.46. The summed E-state index contributed by atoms with van der Waals surface area (Å²) in [5.41, 5.74) is -1.22. The zero-order chi connectivity index (χ0) is 17.6. The topological polar surface area (TPSA) is 71.1 Å². The molecular weight excluding hydrogens is 312 g/mol. The number of esters is 2. The molecule has 24 heavy (non-hydrogen) atoms. The minimum Gasteiger partial charge on any atom is -0.465 e. The van der Waals surface area contributed by atoms with E-state index in [1.165, 1.54) is 0 Å². The first-order valence-corrected chi connectivity index (χ1v) is 8.77. The molecule has 1 aliphatic carbocycles. The summed E-state index contributed by atoms with van der Waals surface area (Å²) in [6.45, 7) is 7.09. The third-order valence-corrected chi connectivity index (χ3v) is 4.76. The smallest absolute Gasteiger partial charge is 0.323 e. The van der Waals surface area contributed by atoms with Crippen molar-refractivity contribution in [2.24, 2.45) is 17.3 Å². The van der Waals surface area contributed by atoms with E-state index >= 15 is 0 Å². The Labute approximate surface area is 143 Å². The van der Waals surface area contributed by atoms with Gasteiger partial charge in [-0.2, -0.15) is 0 Å². The van der Waals surface area contributed by atoms with E-state index in [-0.39, 0.29) is 31.3 Å². The Hall–Kier alpha value is -1.40. The molecule has 0 N–H and O–H groups in total. The fourth-order valence-electron chi connectivity index (χ4n) is 3.73. The lowest BCUT2D eigenvalue weighted by Gasteiger charge is -2.24. The molecule has 0 bridgehead atoms. The molecule has 2 rings (SSSR count). The molecule has 1 heterocycles. The summed E-state index contributed by atoms with van der Waals surface area (Å²) in [4.78, 5) is 25.2. The highest BCUT2D eigenvalue weighted by Crippen LogP contribution is 2.50. The van der Waals surface area contributed by atoms with Crippen LogP contribution in [0.3, 0.4) is 0 Å². The Morgan fingerprint density at radius 3 is 2.17 bits per heavy atom. The van der Waals surface area contributed by atoms with Crippen LogP contribution < -0.4 is 0 Å². The van der Waals surface area contributed by atoms with E-state index in [0.29, 0.717) is 32.5 Å². The van der Waals surface area contributed by atoms with Gasteiger partial charge in [0.25, 0.3) is 0 Å². The second-order valence-electron chi connectivity index (χ2n) is 6.29. The average molecular weight is 340 g/mol. The first kappa shape index (κ1) is 18.9. The molecule has 0 unspecified atom stereocenters. The van der Waals surface area contributed by atoms with E-state index in [2.05, 4.69) is 6.08 Å². The Bertz CT molecular complexity index is 448. The van der Waals surface area contributed by atoms with Crippen molar-refractivity contribution in [1.29, 1.82) is 0 Å². The second kappa shape index (κ2) is 8.62. The van der Waals surface area contributed by atoms with Crippen molar-refractivity contribution in [2.45, 2.75) is 46.3 Å². The Morgan fingerprint density at radius 1 is 1.08 bits per heavy atom. The van der Waals surface area contributed by atoms with Crippen LogP contribution in [0, 0.1) is 17.3 Å². The van der Waals surface area contributed by atoms with Crippen LogP contribution in [0.15, 0.2) is 12.2 Å². The van der Waals surface area contributed by atoms with Gasteiger partial charge < -0.3 is 18.9 Å². The van der Waals surface area contributed by atoms with Crippen molar-refractivity contribution in [3.63, 3.8) is 0 Å². The van der Waals surface area contributed by atoms with Crippen molar-refractivity contribution < 1.29 is 28.5 Å². The predicted molar refractivity (Wildman–Crippen MR) is 87.0 cm³/mol. The first-order chi connectivity index (χ1) is 11.6. The summed E-state index contributed by atoms with van der Waals surface area (Å²) >= 11 is 0. The van der Waals surface area contributed by atoms with Crippen LogP contribution in [-0.4, -0.2) is 44.7 Å². The van der Waals surface area contributed by atoms with Gasteiger partial charge in [-0.3, -0.25) is 9.59 Å². The minimum atomic E-state index is -1.22. The van der Waals surface area contributed by atoms with Crippen molar-refractivity contribution in [1.82, 2.24) is 0 Å². The molecule has 0 aromatic heterocycles. The molecule has 6 nitrogen and oxygen atoms in total. The highest BCUT2D eigenvalue weighted by molar-refractivity contribution is 6.00. The fraction of sp³-hybridized carbons (Fsp3) is 0.778. The summed E-state index contributed by atoms with van der Waals surface area (Å²) in [6, 6.07) is 0. The standard InChI is InChI=1S/C18H28O6/c1-4-7-13-11-18(16(19)21-5-2,17(20)22-6-3)12-14(13)10-15-23-8-9-24-15/h4,7,13-15H,5-6,8-12H2,1-3H3/b7-4-/t13-,14+/m0/s1. The van der Waals surface area contributed by atoms with Gasteiger partial charge in [-0.25, -0.2) is 0 Å². The maximum absolute atomic E-state index is 12.6. The number of ether oxygens (including phenoxy) is 4. The van der Waals surface area contributed by atoms with Gasteiger partial charge in [-0.1, -0.05) is 12.2 Å². The lowest BCUT2D eigenvalue weighted by molar-refractivity contribution is -0.172. The van der Waals surface area contributed by atoms with E-state index in [1.807, 2.05) is 13.0 Å². The van der Waals surface area contributed by atoms with Crippen molar-refractivity contribution >= 4 is 11.9 Å². The number of allylic oxidation sites excluding steroid dienone is 2. The SMILES string of the molecule is C/C=C\[C@H]1CC(C(=O)OCC)(C(=O)OCC)C[C@H]1CC1OCCO1. The number of rotatable bonds is 7.